The molecule has 1 aromatic heterocycles. The maximum atomic E-state index is 3.29. The molecule has 1 nitrogen and oxygen atoms in total. The zero-order valence-electron chi connectivity index (χ0n) is 9.27. The maximum absolute atomic E-state index is 3.29. The monoisotopic (exact) mass is 217 g/mol. The van der Waals surface area contributed by atoms with Crippen molar-refractivity contribution >= 4 is 10.9 Å². The molecule has 0 aliphatic rings. The SMILES string of the molecule is C(#Cc1cc2ccccc2[nH]1)c1ccccc1. The van der Waals surface area contributed by atoms with E-state index in [4.69, 9.17) is 0 Å². The van der Waals surface area contributed by atoms with Crippen LogP contribution in [0.25, 0.3) is 10.9 Å². The molecule has 0 spiro atoms. The summed E-state index contributed by atoms with van der Waals surface area (Å²) in [5, 5.41) is 1.20. The van der Waals surface area contributed by atoms with Crippen molar-refractivity contribution in [3.05, 3.63) is 71.9 Å². The van der Waals surface area contributed by atoms with Crippen LogP contribution in [0.2, 0.25) is 0 Å². The van der Waals surface area contributed by atoms with Crippen LogP contribution in [0.3, 0.4) is 0 Å². The van der Waals surface area contributed by atoms with E-state index in [2.05, 4.69) is 35.0 Å². The Hall–Kier alpha value is -2.46. The van der Waals surface area contributed by atoms with E-state index < -0.39 is 0 Å². The number of hydrogen-bond donors (Lipinski definition) is 1. The van der Waals surface area contributed by atoms with E-state index in [1.54, 1.807) is 0 Å². The van der Waals surface area contributed by atoms with Gasteiger partial charge in [-0.1, -0.05) is 42.3 Å². The van der Waals surface area contributed by atoms with E-state index in [1.165, 1.54) is 5.39 Å². The fourth-order valence-electron chi connectivity index (χ4n) is 1.80. The van der Waals surface area contributed by atoms with Gasteiger partial charge in [-0.15, -0.1) is 0 Å². The molecule has 0 bridgehead atoms. The Morgan fingerprint density at radius 1 is 0.765 bits per heavy atom. The fraction of sp³-hybridized carbons (Fsp3) is 0. The van der Waals surface area contributed by atoms with E-state index in [0.29, 0.717) is 0 Å². The average molecular weight is 217 g/mol. The number of aromatic amines is 1. The summed E-state index contributed by atoms with van der Waals surface area (Å²) in [5.74, 6) is 6.29. The molecule has 17 heavy (non-hydrogen) atoms. The van der Waals surface area contributed by atoms with E-state index in [9.17, 15) is 0 Å². The third-order valence-corrected chi connectivity index (χ3v) is 2.65. The van der Waals surface area contributed by atoms with Crippen molar-refractivity contribution in [1.29, 1.82) is 0 Å². The van der Waals surface area contributed by atoms with Gasteiger partial charge in [-0.3, -0.25) is 0 Å². The molecule has 0 aliphatic heterocycles. The van der Waals surface area contributed by atoms with Crippen LogP contribution in [0.4, 0.5) is 0 Å². The quantitative estimate of drug-likeness (QED) is 0.554. The highest BCUT2D eigenvalue weighted by Gasteiger charge is 1.95. The lowest BCUT2D eigenvalue weighted by molar-refractivity contribution is 1.42. The topological polar surface area (TPSA) is 15.8 Å². The average Bonchev–Trinajstić information content (AvgIpc) is 2.80. The lowest BCUT2D eigenvalue weighted by Crippen LogP contribution is -1.74. The Labute approximate surface area is 100 Å². The second-order valence-electron chi connectivity index (χ2n) is 3.89. The summed E-state index contributed by atoms with van der Waals surface area (Å²) in [6, 6.07) is 20.3. The normalized spacial score (nSPS) is 9.88. The second kappa shape index (κ2) is 4.19. The van der Waals surface area contributed by atoms with Crippen LogP contribution in [0.1, 0.15) is 11.3 Å². The van der Waals surface area contributed by atoms with E-state index in [1.807, 2.05) is 42.5 Å². The summed E-state index contributed by atoms with van der Waals surface area (Å²) < 4.78 is 0. The Balaban J connectivity index is 1.98. The van der Waals surface area contributed by atoms with Gasteiger partial charge in [0, 0.05) is 16.5 Å². The Bertz CT molecular complexity index is 663. The molecule has 0 saturated heterocycles. The Morgan fingerprint density at radius 3 is 2.35 bits per heavy atom. The van der Waals surface area contributed by atoms with Crippen molar-refractivity contribution in [2.45, 2.75) is 0 Å². The van der Waals surface area contributed by atoms with Gasteiger partial charge in [0.1, 0.15) is 0 Å². The predicted octanol–water partition coefficient (Wildman–Crippen LogP) is 3.57. The van der Waals surface area contributed by atoms with Gasteiger partial charge in [0.15, 0.2) is 0 Å². The van der Waals surface area contributed by atoms with Gasteiger partial charge in [0.05, 0.1) is 5.69 Å². The van der Waals surface area contributed by atoms with Gasteiger partial charge in [-0.25, -0.2) is 0 Å². The summed E-state index contributed by atoms with van der Waals surface area (Å²) in [6.45, 7) is 0. The lowest BCUT2D eigenvalue weighted by atomic mass is 10.2. The van der Waals surface area contributed by atoms with Gasteiger partial charge in [0.2, 0.25) is 0 Å². The number of fused-ring (bicyclic) bond motifs is 1. The molecule has 80 valence electrons. The highest BCUT2D eigenvalue weighted by molar-refractivity contribution is 5.81. The minimum Gasteiger partial charge on any atom is -0.348 e. The molecule has 1 N–H and O–H groups in total. The van der Waals surface area contributed by atoms with Gasteiger partial charge in [0.25, 0.3) is 0 Å². The van der Waals surface area contributed by atoms with Crippen LogP contribution in [0.5, 0.6) is 0 Å². The summed E-state index contributed by atoms with van der Waals surface area (Å²) in [4.78, 5) is 3.29. The molecular weight excluding hydrogens is 206 g/mol. The highest BCUT2D eigenvalue weighted by Crippen LogP contribution is 2.13. The largest absolute Gasteiger partial charge is 0.348 e. The molecule has 0 amide bonds. The molecule has 3 rings (SSSR count). The third kappa shape index (κ3) is 2.07. The number of para-hydroxylation sites is 1. The zero-order valence-corrected chi connectivity index (χ0v) is 9.27. The minimum atomic E-state index is 0.954. The smallest absolute Gasteiger partial charge is 0.0908 e. The molecule has 1 heteroatoms. The van der Waals surface area contributed by atoms with Crippen LogP contribution >= 0.6 is 0 Å². The first-order chi connectivity index (χ1) is 8.42. The van der Waals surface area contributed by atoms with E-state index in [0.717, 1.165) is 16.8 Å². The third-order valence-electron chi connectivity index (χ3n) is 2.65. The van der Waals surface area contributed by atoms with Crippen LogP contribution in [0, 0.1) is 11.8 Å². The molecule has 0 atom stereocenters. The molecule has 3 aromatic rings. The lowest BCUT2D eigenvalue weighted by Gasteiger charge is -1.86. The van der Waals surface area contributed by atoms with Crippen LogP contribution in [-0.2, 0) is 0 Å². The number of benzene rings is 2. The van der Waals surface area contributed by atoms with Crippen LogP contribution in [-0.4, -0.2) is 4.98 Å². The predicted molar refractivity (Wildman–Crippen MR) is 70.7 cm³/mol. The first kappa shape index (κ1) is 9.74. The van der Waals surface area contributed by atoms with Gasteiger partial charge in [-0.05, 0) is 30.2 Å². The van der Waals surface area contributed by atoms with Crippen molar-refractivity contribution < 1.29 is 0 Å². The number of H-pyrrole nitrogens is 1. The fourth-order valence-corrected chi connectivity index (χ4v) is 1.80. The highest BCUT2D eigenvalue weighted by atomic mass is 14.7. The molecular formula is C16H11N. The van der Waals surface area contributed by atoms with Crippen molar-refractivity contribution in [2.75, 3.05) is 0 Å². The molecule has 0 saturated carbocycles. The molecule has 0 aliphatic carbocycles. The van der Waals surface area contributed by atoms with Gasteiger partial charge >= 0.3 is 0 Å². The van der Waals surface area contributed by atoms with Crippen molar-refractivity contribution in [3.8, 4) is 11.8 Å². The molecule has 0 radical (unpaired) electrons. The van der Waals surface area contributed by atoms with Crippen molar-refractivity contribution in [2.24, 2.45) is 0 Å². The van der Waals surface area contributed by atoms with Crippen molar-refractivity contribution in [1.82, 2.24) is 4.98 Å². The summed E-state index contributed by atoms with van der Waals surface area (Å²) >= 11 is 0. The number of nitrogens with one attached hydrogen (secondary N) is 1. The molecule has 0 unspecified atom stereocenters. The van der Waals surface area contributed by atoms with Crippen LogP contribution in [0.15, 0.2) is 60.7 Å². The molecule has 1 heterocycles. The Kier molecular flexibility index (Phi) is 2.40. The number of rotatable bonds is 0. The van der Waals surface area contributed by atoms with Gasteiger partial charge < -0.3 is 4.98 Å². The first-order valence-electron chi connectivity index (χ1n) is 5.57. The molecule has 2 aromatic carbocycles. The van der Waals surface area contributed by atoms with Gasteiger partial charge in [-0.2, -0.15) is 0 Å². The zero-order chi connectivity index (χ0) is 11.5. The van der Waals surface area contributed by atoms with E-state index >= 15 is 0 Å². The maximum Gasteiger partial charge on any atom is 0.0908 e. The number of aromatic nitrogens is 1. The second-order valence-corrected chi connectivity index (χ2v) is 3.89. The summed E-state index contributed by atoms with van der Waals surface area (Å²) in [7, 11) is 0. The standard InChI is InChI=1S/C16H11N/c1-2-6-13(7-3-1)10-11-15-12-14-8-4-5-9-16(14)17-15/h1-9,12,17H. The molecule has 0 fully saturated rings. The Morgan fingerprint density at radius 2 is 1.53 bits per heavy atom. The number of hydrogen-bond acceptors (Lipinski definition) is 0. The summed E-state index contributed by atoms with van der Waals surface area (Å²) in [6.07, 6.45) is 0. The first-order valence-corrected chi connectivity index (χ1v) is 5.57. The van der Waals surface area contributed by atoms with Crippen LogP contribution < -0.4 is 0 Å². The minimum absolute atomic E-state index is 0.954. The summed E-state index contributed by atoms with van der Waals surface area (Å²) in [5.41, 5.74) is 3.12. The van der Waals surface area contributed by atoms with Crippen molar-refractivity contribution in [3.63, 3.8) is 0 Å². The van der Waals surface area contributed by atoms with E-state index in [-0.39, 0.29) is 0 Å².